The molecule has 0 radical (unpaired) electrons. The van der Waals surface area contributed by atoms with Crippen molar-refractivity contribution >= 4 is 33.8 Å². The lowest BCUT2D eigenvalue weighted by Crippen LogP contribution is -2.46. The van der Waals surface area contributed by atoms with Gasteiger partial charge in [-0.3, -0.25) is 4.90 Å². The molecule has 0 saturated carbocycles. The molecular weight excluding hydrogens is 438 g/mol. The molecule has 182 valence electrons. The molecule has 1 N–H and O–H groups in total. The third kappa shape index (κ3) is 6.44. The smallest absolute Gasteiger partial charge is 0.129 e. The van der Waals surface area contributed by atoms with Crippen LogP contribution in [0.15, 0.2) is 42.6 Å². The monoisotopic (exact) mass is 477 g/mol. The summed E-state index contributed by atoms with van der Waals surface area (Å²) in [5.41, 5.74) is 4.96. The van der Waals surface area contributed by atoms with Gasteiger partial charge in [0.15, 0.2) is 0 Å². The normalized spacial score (nSPS) is 14.9. The minimum Gasteiger partial charge on any atom is -0.364 e. The number of fused-ring (bicyclic) bond motifs is 1. The Kier molecular flexibility index (Phi) is 8.70. The van der Waals surface area contributed by atoms with E-state index in [0.717, 1.165) is 87.8 Å². The van der Waals surface area contributed by atoms with Gasteiger partial charge in [-0.05, 0) is 85.7 Å². The fraction of sp³-hybridized carbons (Fsp3) is 0.500. The van der Waals surface area contributed by atoms with Crippen LogP contribution >= 0.6 is 12.2 Å². The summed E-state index contributed by atoms with van der Waals surface area (Å²) in [5.74, 6) is 1.10. The quantitative estimate of drug-likeness (QED) is 0.383. The average molecular weight is 478 g/mol. The van der Waals surface area contributed by atoms with Crippen molar-refractivity contribution in [3.63, 3.8) is 0 Å². The van der Waals surface area contributed by atoms with Crippen molar-refractivity contribution < 1.29 is 0 Å². The first-order valence-corrected chi connectivity index (χ1v) is 13.2. The van der Waals surface area contributed by atoms with Gasteiger partial charge in [0.2, 0.25) is 0 Å². The third-order valence-corrected chi connectivity index (χ3v) is 7.39. The van der Waals surface area contributed by atoms with Crippen LogP contribution in [0.1, 0.15) is 43.5 Å². The number of thiocarbonyl (C=S) groups is 1. The van der Waals surface area contributed by atoms with Crippen molar-refractivity contribution in [1.29, 1.82) is 0 Å². The molecule has 5 nitrogen and oxygen atoms in total. The standard InChI is InChI=1S/C28H39N5S/c1-4-31(5-2)13-7-9-25(34)19-23-10-11-27-26(20-23)22(3)18-28(30-27)33-16-14-32(15-17-33)21-24-8-6-12-29-24/h6,8,10-12,18,20,29H,4-5,7,9,13-17,19,21H2,1-3H3. The molecule has 1 fully saturated rings. The van der Waals surface area contributed by atoms with Crippen LogP contribution in [0.3, 0.4) is 0 Å². The number of nitrogens with one attached hydrogen (secondary N) is 1. The van der Waals surface area contributed by atoms with E-state index in [1.807, 2.05) is 6.20 Å². The van der Waals surface area contributed by atoms with E-state index in [2.05, 4.69) is 76.9 Å². The number of hydrogen-bond acceptors (Lipinski definition) is 5. The number of benzene rings is 1. The Morgan fingerprint density at radius 3 is 2.59 bits per heavy atom. The second-order valence-corrected chi connectivity index (χ2v) is 10.0. The Balaban J connectivity index is 1.35. The lowest BCUT2D eigenvalue weighted by atomic mass is 10.0. The van der Waals surface area contributed by atoms with Gasteiger partial charge in [0, 0.05) is 56.4 Å². The van der Waals surface area contributed by atoms with Crippen molar-refractivity contribution in [3.8, 4) is 0 Å². The molecule has 0 atom stereocenters. The number of hydrogen-bond donors (Lipinski definition) is 1. The molecule has 4 rings (SSSR count). The first-order chi connectivity index (χ1) is 16.6. The highest BCUT2D eigenvalue weighted by atomic mass is 32.1. The van der Waals surface area contributed by atoms with E-state index in [-0.39, 0.29) is 0 Å². The number of piperazine rings is 1. The fourth-order valence-electron chi connectivity index (χ4n) is 4.89. The Morgan fingerprint density at radius 2 is 1.88 bits per heavy atom. The van der Waals surface area contributed by atoms with Gasteiger partial charge in [0.25, 0.3) is 0 Å². The lowest BCUT2D eigenvalue weighted by Gasteiger charge is -2.35. The number of pyridine rings is 1. The highest BCUT2D eigenvalue weighted by Gasteiger charge is 2.19. The van der Waals surface area contributed by atoms with Crippen LogP contribution in [0.2, 0.25) is 0 Å². The number of rotatable bonds is 11. The van der Waals surface area contributed by atoms with Crippen LogP contribution in [-0.2, 0) is 13.0 Å². The van der Waals surface area contributed by atoms with Crippen molar-refractivity contribution in [1.82, 2.24) is 19.8 Å². The number of anilines is 1. The first kappa shape index (κ1) is 24.8. The predicted molar refractivity (Wildman–Crippen MR) is 148 cm³/mol. The Bertz CT molecular complexity index is 1070. The zero-order chi connectivity index (χ0) is 23.9. The van der Waals surface area contributed by atoms with Crippen LogP contribution < -0.4 is 4.90 Å². The minimum atomic E-state index is 0.882. The maximum atomic E-state index is 5.72. The Hall–Kier alpha value is -2.28. The van der Waals surface area contributed by atoms with E-state index in [0.29, 0.717) is 0 Å². The summed E-state index contributed by atoms with van der Waals surface area (Å²) in [5, 5.41) is 1.25. The van der Waals surface area contributed by atoms with E-state index in [9.17, 15) is 0 Å². The summed E-state index contributed by atoms with van der Waals surface area (Å²) >= 11 is 5.72. The number of aromatic nitrogens is 2. The van der Waals surface area contributed by atoms with Crippen LogP contribution in [0.25, 0.3) is 10.9 Å². The van der Waals surface area contributed by atoms with E-state index >= 15 is 0 Å². The van der Waals surface area contributed by atoms with E-state index in [1.165, 1.54) is 22.2 Å². The topological polar surface area (TPSA) is 38.4 Å². The molecule has 1 aromatic carbocycles. The molecule has 2 aromatic heterocycles. The van der Waals surface area contributed by atoms with Gasteiger partial charge in [-0.15, -0.1) is 0 Å². The van der Waals surface area contributed by atoms with Crippen molar-refractivity contribution in [2.24, 2.45) is 0 Å². The van der Waals surface area contributed by atoms with Crippen LogP contribution in [-0.4, -0.2) is 70.4 Å². The SMILES string of the molecule is CCN(CC)CCCC(=S)Cc1ccc2nc(N3CCN(Cc4ccc[nH]4)CC3)cc(C)c2c1. The highest BCUT2D eigenvalue weighted by Crippen LogP contribution is 2.25. The number of H-pyrrole nitrogens is 1. The zero-order valence-corrected chi connectivity index (χ0v) is 21.8. The molecule has 0 bridgehead atoms. The molecular formula is C28H39N5S. The summed E-state index contributed by atoms with van der Waals surface area (Å²) < 4.78 is 0. The third-order valence-electron chi connectivity index (χ3n) is 7.04. The van der Waals surface area contributed by atoms with Gasteiger partial charge in [0.1, 0.15) is 5.82 Å². The van der Waals surface area contributed by atoms with E-state index in [1.54, 1.807) is 0 Å². The minimum absolute atomic E-state index is 0.882. The van der Waals surface area contributed by atoms with E-state index in [4.69, 9.17) is 17.2 Å². The lowest BCUT2D eigenvalue weighted by molar-refractivity contribution is 0.247. The predicted octanol–water partition coefficient (Wildman–Crippen LogP) is 5.23. The Labute approximate surface area is 210 Å². The number of aromatic amines is 1. The van der Waals surface area contributed by atoms with Crippen LogP contribution in [0, 0.1) is 6.92 Å². The fourth-order valence-corrected chi connectivity index (χ4v) is 5.20. The van der Waals surface area contributed by atoms with Crippen molar-refractivity contribution in [2.75, 3.05) is 50.7 Å². The largest absolute Gasteiger partial charge is 0.364 e. The average Bonchev–Trinajstić information content (AvgIpc) is 3.36. The molecule has 1 saturated heterocycles. The maximum Gasteiger partial charge on any atom is 0.129 e. The molecule has 3 heterocycles. The molecule has 0 amide bonds. The molecule has 1 aliphatic heterocycles. The first-order valence-electron chi connectivity index (χ1n) is 12.8. The van der Waals surface area contributed by atoms with Gasteiger partial charge in [0.05, 0.1) is 5.52 Å². The molecule has 3 aromatic rings. The molecule has 0 unspecified atom stereocenters. The summed E-state index contributed by atoms with van der Waals surface area (Å²) in [6.07, 6.45) is 5.06. The second-order valence-electron chi connectivity index (χ2n) is 9.45. The van der Waals surface area contributed by atoms with Gasteiger partial charge in [-0.1, -0.05) is 32.1 Å². The van der Waals surface area contributed by atoms with Gasteiger partial charge < -0.3 is 14.8 Å². The zero-order valence-electron chi connectivity index (χ0n) is 21.0. The molecule has 0 spiro atoms. The highest BCUT2D eigenvalue weighted by molar-refractivity contribution is 7.80. The summed E-state index contributed by atoms with van der Waals surface area (Å²) in [4.78, 5) is 16.9. The van der Waals surface area contributed by atoms with Gasteiger partial charge in [-0.2, -0.15) is 0 Å². The number of aryl methyl sites for hydroxylation is 1. The number of nitrogens with zero attached hydrogens (tertiary/aromatic N) is 4. The maximum absolute atomic E-state index is 5.72. The van der Waals surface area contributed by atoms with E-state index < -0.39 is 0 Å². The molecule has 6 heteroatoms. The van der Waals surface area contributed by atoms with Crippen molar-refractivity contribution in [3.05, 3.63) is 59.4 Å². The second kappa shape index (κ2) is 11.9. The molecule has 0 aliphatic carbocycles. The Morgan fingerprint density at radius 1 is 1.09 bits per heavy atom. The van der Waals surface area contributed by atoms with Crippen molar-refractivity contribution in [2.45, 2.75) is 46.6 Å². The summed E-state index contributed by atoms with van der Waals surface area (Å²) in [6, 6.07) is 13.2. The van der Waals surface area contributed by atoms with Crippen LogP contribution in [0.4, 0.5) is 5.82 Å². The van der Waals surface area contributed by atoms with Crippen LogP contribution in [0.5, 0.6) is 0 Å². The molecule has 34 heavy (non-hydrogen) atoms. The summed E-state index contributed by atoms with van der Waals surface area (Å²) in [6.45, 7) is 15.2. The molecule has 1 aliphatic rings. The van der Waals surface area contributed by atoms with Gasteiger partial charge in [-0.25, -0.2) is 4.98 Å². The van der Waals surface area contributed by atoms with Gasteiger partial charge >= 0.3 is 0 Å². The summed E-state index contributed by atoms with van der Waals surface area (Å²) in [7, 11) is 0.